The quantitative estimate of drug-likeness (QED) is 0.726. The van der Waals surface area contributed by atoms with Crippen molar-refractivity contribution in [2.75, 3.05) is 13.2 Å². The number of aromatic nitrogens is 3. The van der Waals surface area contributed by atoms with Crippen molar-refractivity contribution in [1.82, 2.24) is 15.0 Å². The Labute approximate surface area is 128 Å². The summed E-state index contributed by atoms with van der Waals surface area (Å²) in [5, 5.41) is 8.26. The third kappa shape index (κ3) is 6.38. The first-order chi connectivity index (χ1) is 9.60. The normalized spacial score (nSPS) is 12.7. The van der Waals surface area contributed by atoms with Gasteiger partial charge in [0, 0.05) is 31.1 Å². The van der Waals surface area contributed by atoms with E-state index in [1.54, 1.807) is 0 Å². The molecule has 0 aliphatic carbocycles. The Morgan fingerprint density at radius 3 is 2.38 bits per heavy atom. The molecule has 1 aromatic heterocycles. The molecule has 0 radical (unpaired) electrons. The third-order valence-electron chi connectivity index (χ3n) is 3.26. The Hall–Kier alpha value is -1.23. The first-order valence-corrected chi connectivity index (χ1v) is 7.63. The van der Waals surface area contributed by atoms with Gasteiger partial charge in [-0.1, -0.05) is 26.0 Å². The molecule has 0 fully saturated rings. The largest absolute Gasteiger partial charge is 0.381 e. The molecule has 5 nitrogen and oxygen atoms in total. The summed E-state index contributed by atoms with van der Waals surface area (Å²) >= 11 is 0. The van der Waals surface area contributed by atoms with Gasteiger partial charge >= 0.3 is 0 Å². The van der Waals surface area contributed by atoms with E-state index in [9.17, 15) is 4.79 Å². The number of nitrogens with zero attached hydrogens (tertiary/aromatic N) is 3. The fourth-order valence-corrected chi connectivity index (χ4v) is 1.73. The molecular weight excluding hydrogens is 266 g/mol. The number of carbonyl (C=O) groups excluding carboxylic acids is 1. The standard InChI is InChI=1S/C16H29N3O2/c1-15(2,3)14(20)8-7-10-21-11-9-13-12-19(18-17-13)16(4,5)6/h12H,7-11H2,1-6H3. The second kappa shape index (κ2) is 7.16. The van der Waals surface area contributed by atoms with Gasteiger partial charge in [0.15, 0.2) is 0 Å². The van der Waals surface area contributed by atoms with Crippen LogP contribution in [0.5, 0.6) is 0 Å². The molecule has 1 heterocycles. The molecule has 1 aromatic rings. The van der Waals surface area contributed by atoms with E-state index in [4.69, 9.17) is 4.74 Å². The van der Waals surface area contributed by atoms with E-state index in [2.05, 4.69) is 31.1 Å². The molecule has 0 saturated heterocycles. The van der Waals surface area contributed by atoms with Crippen LogP contribution in [0, 0.1) is 5.41 Å². The third-order valence-corrected chi connectivity index (χ3v) is 3.26. The number of ether oxygens (including phenoxy) is 1. The van der Waals surface area contributed by atoms with Gasteiger partial charge in [-0.15, -0.1) is 5.10 Å². The minimum Gasteiger partial charge on any atom is -0.381 e. The first kappa shape index (κ1) is 17.8. The molecule has 0 amide bonds. The lowest BCUT2D eigenvalue weighted by Gasteiger charge is -2.17. The number of hydrogen-bond acceptors (Lipinski definition) is 4. The zero-order valence-corrected chi connectivity index (χ0v) is 14.3. The summed E-state index contributed by atoms with van der Waals surface area (Å²) in [7, 11) is 0. The van der Waals surface area contributed by atoms with Crippen LogP contribution in [0.15, 0.2) is 6.20 Å². The average Bonchev–Trinajstić information content (AvgIpc) is 2.80. The molecule has 21 heavy (non-hydrogen) atoms. The lowest BCUT2D eigenvalue weighted by Crippen LogP contribution is -2.22. The summed E-state index contributed by atoms with van der Waals surface area (Å²) < 4.78 is 7.43. The van der Waals surface area contributed by atoms with Crippen LogP contribution in [0.2, 0.25) is 0 Å². The molecule has 0 N–H and O–H groups in total. The van der Waals surface area contributed by atoms with Crippen molar-refractivity contribution in [2.24, 2.45) is 5.41 Å². The SMILES string of the molecule is CC(C)(C)C(=O)CCCOCCc1cn(C(C)(C)C)nn1. The topological polar surface area (TPSA) is 57.0 Å². The summed E-state index contributed by atoms with van der Waals surface area (Å²) in [6.07, 6.45) is 4.09. The maximum Gasteiger partial charge on any atom is 0.138 e. The van der Waals surface area contributed by atoms with Gasteiger partial charge in [-0.2, -0.15) is 0 Å². The highest BCUT2D eigenvalue weighted by molar-refractivity contribution is 5.83. The lowest BCUT2D eigenvalue weighted by molar-refractivity contribution is -0.126. The van der Waals surface area contributed by atoms with Crippen molar-refractivity contribution in [1.29, 1.82) is 0 Å². The van der Waals surface area contributed by atoms with E-state index in [0.29, 0.717) is 25.4 Å². The van der Waals surface area contributed by atoms with Crippen LogP contribution in [0.1, 0.15) is 60.1 Å². The molecule has 5 heteroatoms. The predicted octanol–water partition coefficient (Wildman–Crippen LogP) is 2.99. The van der Waals surface area contributed by atoms with Gasteiger partial charge in [-0.05, 0) is 27.2 Å². The Balaban J connectivity index is 2.18. The van der Waals surface area contributed by atoms with Crippen LogP contribution in [0.25, 0.3) is 0 Å². The maximum atomic E-state index is 11.7. The van der Waals surface area contributed by atoms with E-state index >= 15 is 0 Å². The van der Waals surface area contributed by atoms with Gasteiger partial charge in [0.2, 0.25) is 0 Å². The molecule has 120 valence electrons. The minimum absolute atomic E-state index is 0.0422. The Kier molecular flexibility index (Phi) is 6.08. The fourth-order valence-electron chi connectivity index (χ4n) is 1.73. The van der Waals surface area contributed by atoms with Crippen LogP contribution in [0.4, 0.5) is 0 Å². The van der Waals surface area contributed by atoms with Crippen molar-refractivity contribution in [3.05, 3.63) is 11.9 Å². The number of hydrogen-bond donors (Lipinski definition) is 0. The van der Waals surface area contributed by atoms with Gasteiger partial charge in [-0.3, -0.25) is 4.79 Å². The van der Waals surface area contributed by atoms with Gasteiger partial charge in [0.25, 0.3) is 0 Å². The van der Waals surface area contributed by atoms with E-state index < -0.39 is 0 Å². The molecule has 1 rings (SSSR count). The molecule has 0 aliphatic rings. The number of rotatable bonds is 7. The van der Waals surface area contributed by atoms with Gasteiger partial charge in [0.1, 0.15) is 5.78 Å². The fraction of sp³-hybridized carbons (Fsp3) is 0.812. The van der Waals surface area contributed by atoms with Crippen molar-refractivity contribution < 1.29 is 9.53 Å². The zero-order chi connectivity index (χ0) is 16.1. The molecule has 0 aromatic carbocycles. The molecule has 0 atom stereocenters. The Bertz CT molecular complexity index is 453. The van der Waals surface area contributed by atoms with E-state index in [1.165, 1.54) is 0 Å². The highest BCUT2D eigenvalue weighted by atomic mass is 16.5. The van der Waals surface area contributed by atoms with Gasteiger partial charge < -0.3 is 4.74 Å². The van der Waals surface area contributed by atoms with Gasteiger partial charge in [-0.25, -0.2) is 4.68 Å². The average molecular weight is 295 g/mol. The summed E-state index contributed by atoms with van der Waals surface area (Å²) in [4.78, 5) is 11.7. The van der Waals surface area contributed by atoms with Crippen LogP contribution in [-0.4, -0.2) is 34.0 Å². The minimum atomic E-state index is -0.245. The van der Waals surface area contributed by atoms with E-state index in [1.807, 2.05) is 31.6 Å². The van der Waals surface area contributed by atoms with Crippen molar-refractivity contribution in [3.8, 4) is 0 Å². The number of carbonyl (C=O) groups is 1. The lowest BCUT2D eigenvalue weighted by atomic mass is 9.88. The Morgan fingerprint density at radius 1 is 1.19 bits per heavy atom. The van der Waals surface area contributed by atoms with Crippen molar-refractivity contribution >= 4 is 5.78 Å². The maximum absolute atomic E-state index is 11.7. The second-order valence-corrected chi connectivity index (χ2v) is 7.46. The first-order valence-electron chi connectivity index (χ1n) is 7.63. The summed E-state index contributed by atoms with van der Waals surface area (Å²) in [5.74, 6) is 0.291. The number of Topliss-reactive ketones (excluding diaryl/α,β-unsaturated/α-hetero) is 1. The van der Waals surface area contributed by atoms with Gasteiger partial charge in [0.05, 0.1) is 17.8 Å². The van der Waals surface area contributed by atoms with Crippen LogP contribution in [0.3, 0.4) is 0 Å². The highest BCUT2D eigenvalue weighted by Gasteiger charge is 2.20. The molecule has 0 bridgehead atoms. The van der Waals surface area contributed by atoms with E-state index in [-0.39, 0.29) is 11.0 Å². The van der Waals surface area contributed by atoms with Crippen molar-refractivity contribution in [3.63, 3.8) is 0 Å². The number of ketones is 1. The van der Waals surface area contributed by atoms with Crippen LogP contribution >= 0.6 is 0 Å². The predicted molar refractivity (Wildman–Crippen MR) is 83.2 cm³/mol. The monoisotopic (exact) mass is 295 g/mol. The van der Waals surface area contributed by atoms with Crippen molar-refractivity contribution in [2.45, 2.75) is 66.3 Å². The van der Waals surface area contributed by atoms with Crippen LogP contribution in [-0.2, 0) is 21.5 Å². The van der Waals surface area contributed by atoms with E-state index in [0.717, 1.165) is 18.5 Å². The molecular formula is C16H29N3O2. The summed E-state index contributed by atoms with van der Waals surface area (Å²) in [5.41, 5.74) is 0.654. The summed E-state index contributed by atoms with van der Waals surface area (Å²) in [6, 6.07) is 0. The smallest absolute Gasteiger partial charge is 0.138 e. The Morgan fingerprint density at radius 2 is 1.86 bits per heavy atom. The molecule has 0 saturated carbocycles. The molecule has 0 spiro atoms. The molecule has 0 aliphatic heterocycles. The highest BCUT2D eigenvalue weighted by Crippen LogP contribution is 2.17. The van der Waals surface area contributed by atoms with Crippen LogP contribution < -0.4 is 0 Å². The zero-order valence-electron chi connectivity index (χ0n) is 14.3. The second-order valence-electron chi connectivity index (χ2n) is 7.46. The molecule has 0 unspecified atom stereocenters. The summed E-state index contributed by atoms with van der Waals surface area (Å²) in [6.45, 7) is 13.4.